The van der Waals surface area contributed by atoms with Crippen LogP contribution in [0, 0.1) is 0 Å². The smallest absolute Gasteiger partial charge is 0.162 e. The van der Waals surface area contributed by atoms with Gasteiger partial charge >= 0.3 is 0 Å². The Kier molecular flexibility index (Phi) is 2.44. The number of aryl methyl sites for hydroxylation is 1. The van der Waals surface area contributed by atoms with E-state index >= 15 is 0 Å². The summed E-state index contributed by atoms with van der Waals surface area (Å²) in [4.78, 5) is 14.5. The van der Waals surface area contributed by atoms with E-state index in [2.05, 4.69) is 28.7 Å². The average molecular weight is 230 g/mol. The van der Waals surface area contributed by atoms with Crippen LogP contribution in [0.15, 0.2) is 23.9 Å². The monoisotopic (exact) mass is 230 g/mol. The van der Waals surface area contributed by atoms with Crippen molar-refractivity contribution in [1.82, 2.24) is 9.47 Å². The van der Waals surface area contributed by atoms with E-state index in [1.54, 1.807) is 0 Å². The highest BCUT2D eigenvalue weighted by molar-refractivity contribution is 6.02. The molecule has 2 aliphatic heterocycles. The van der Waals surface area contributed by atoms with Crippen LogP contribution in [0.25, 0.3) is 6.08 Å². The van der Waals surface area contributed by atoms with Crippen LogP contribution in [0.4, 0.5) is 0 Å². The zero-order valence-corrected chi connectivity index (χ0v) is 10.4. The molecule has 0 N–H and O–H groups in total. The number of Topliss-reactive ketones (excluding diaryl/α,β-unsaturated/α-hetero) is 1. The van der Waals surface area contributed by atoms with Gasteiger partial charge in [-0.2, -0.15) is 0 Å². The molecule has 1 aromatic rings. The Labute approximate surface area is 102 Å². The molecule has 3 nitrogen and oxygen atoms in total. The maximum Gasteiger partial charge on any atom is 0.162 e. The molecule has 3 rings (SSSR count). The van der Waals surface area contributed by atoms with Crippen molar-refractivity contribution in [2.24, 2.45) is 7.05 Å². The summed E-state index contributed by atoms with van der Waals surface area (Å²) in [6.45, 7) is 0. The van der Waals surface area contributed by atoms with Gasteiger partial charge in [-0.1, -0.05) is 0 Å². The number of ketones is 1. The van der Waals surface area contributed by atoms with Crippen molar-refractivity contribution in [2.45, 2.75) is 31.3 Å². The number of rotatable bonds is 1. The van der Waals surface area contributed by atoms with Gasteiger partial charge in [0.2, 0.25) is 0 Å². The second-order valence-electron chi connectivity index (χ2n) is 5.18. The standard InChI is InChI=1S/C14H18N2O/c1-15-7-3-4-10(15)8-12-13-6-5-11(16(13)2)9-14(12)17/h3-4,7-8,11,13H,5-6,9H2,1-2H3/b12-8+/t11-,13+/m0/s1. The van der Waals surface area contributed by atoms with E-state index < -0.39 is 0 Å². The largest absolute Gasteiger partial charge is 0.351 e. The Morgan fingerprint density at radius 1 is 1.35 bits per heavy atom. The number of aromatic nitrogens is 1. The minimum absolute atomic E-state index is 0.344. The Hall–Kier alpha value is -1.35. The summed E-state index contributed by atoms with van der Waals surface area (Å²) in [5.41, 5.74) is 2.12. The van der Waals surface area contributed by atoms with E-state index in [0.29, 0.717) is 24.3 Å². The van der Waals surface area contributed by atoms with Gasteiger partial charge in [0, 0.05) is 43.0 Å². The Morgan fingerprint density at radius 3 is 2.88 bits per heavy atom. The molecule has 1 aromatic heterocycles. The summed E-state index contributed by atoms with van der Waals surface area (Å²) in [5, 5.41) is 0. The summed E-state index contributed by atoms with van der Waals surface area (Å²) in [7, 11) is 4.16. The SMILES string of the molecule is CN1[C@H]2CC[C@@H]1/C(=C\c1cccn1C)C(=O)C2. The molecular weight excluding hydrogens is 212 g/mol. The molecule has 2 saturated heterocycles. The molecule has 0 amide bonds. The van der Waals surface area contributed by atoms with Crippen LogP contribution < -0.4 is 0 Å². The van der Waals surface area contributed by atoms with E-state index in [9.17, 15) is 4.79 Å². The van der Waals surface area contributed by atoms with Crippen molar-refractivity contribution in [3.63, 3.8) is 0 Å². The molecule has 0 unspecified atom stereocenters. The van der Waals surface area contributed by atoms with Gasteiger partial charge in [-0.25, -0.2) is 0 Å². The number of carbonyl (C=O) groups excluding carboxylic acids is 1. The molecule has 3 heterocycles. The fraction of sp³-hybridized carbons (Fsp3) is 0.500. The quantitative estimate of drug-likeness (QED) is 0.688. The predicted octanol–water partition coefficient (Wildman–Crippen LogP) is 1.84. The van der Waals surface area contributed by atoms with Gasteiger partial charge in [-0.3, -0.25) is 9.69 Å². The Bertz CT molecular complexity index is 486. The van der Waals surface area contributed by atoms with E-state index in [1.807, 2.05) is 19.3 Å². The first-order valence-electron chi connectivity index (χ1n) is 6.25. The molecule has 0 aliphatic carbocycles. The fourth-order valence-electron chi connectivity index (χ4n) is 3.11. The van der Waals surface area contributed by atoms with Gasteiger partial charge in [0.25, 0.3) is 0 Å². The van der Waals surface area contributed by atoms with Gasteiger partial charge in [-0.05, 0) is 38.1 Å². The lowest BCUT2D eigenvalue weighted by Gasteiger charge is -2.32. The zero-order valence-electron chi connectivity index (χ0n) is 10.4. The van der Waals surface area contributed by atoms with E-state index in [4.69, 9.17) is 0 Å². The van der Waals surface area contributed by atoms with Crippen molar-refractivity contribution < 1.29 is 4.79 Å². The molecule has 2 aliphatic rings. The molecule has 0 aromatic carbocycles. The molecule has 0 radical (unpaired) electrons. The molecule has 2 fully saturated rings. The average Bonchev–Trinajstić information content (AvgIpc) is 2.79. The highest BCUT2D eigenvalue weighted by Gasteiger charge is 2.41. The van der Waals surface area contributed by atoms with Crippen molar-refractivity contribution in [3.05, 3.63) is 29.6 Å². The van der Waals surface area contributed by atoms with E-state index in [1.165, 1.54) is 0 Å². The van der Waals surface area contributed by atoms with E-state index in [-0.39, 0.29) is 0 Å². The molecule has 2 bridgehead atoms. The third-order valence-corrected chi connectivity index (χ3v) is 4.23. The van der Waals surface area contributed by atoms with Gasteiger partial charge in [0.05, 0.1) is 0 Å². The molecule has 2 atom stereocenters. The van der Waals surface area contributed by atoms with Crippen LogP contribution in [-0.4, -0.2) is 34.4 Å². The minimum Gasteiger partial charge on any atom is -0.351 e. The summed E-state index contributed by atoms with van der Waals surface area (Å²) >= 11 is 0. The van der Waals surface area contributed by atoms with Crippen LogP contribution in [-0.2, 0) is 11.8 Å². The molecule has 3 heteroatoms. The van der Waals surface area contributed by atoms with Gasteiger partial charge in [0.1, 0.15) is 0 Å². The topological polar surface area (TPSA) is 25.2 Å². The number of carbonyl (C=O) groups is 1. The fourth-order valence-corrected chi connectivity index (χ4v) is 3.11. The number of hydrogen-bond acceptors (Lipinski definition) is 2. The second-order valence-corrected chi connectivity index (χ2v) is 5.18. The predicted molar refractivity (Wildman–Crippen MR) is 67.6 cm³/mol. The van der Waals surface area contributed by atoms with Crippen LogP contribution in [0.3, 0.4) is 0 Å². The van der Waals surface area contributed by atoms with Crippen LogP contribution in [0.1, 0.15) is 25.0 Å². The first kappa shape index (κ1) is 10.8. The maximum atomic E-state index is 12.1. The third-order valence-electron chi connectivity index (χ3n) is 4.23. The van der Waals surface area contributed by atoms with Crippen LogP contribution in [0.2, 0.25) is 0 Å². The number of piperidine rings is 1. The number of hydrogen-bond donors (Lipinski definition) is 0. The van der Waals surface area contributed by atoms with Crippen molar-refractivity contribution in [1.29, 1.82) is 0 Å². The summed E-state index contributed by atoms with van der Waals surface area (Å²) < 4.78 is 2.06. The molecule has 0 spiro atoms. The first-order valence-corrected chi connectivity index (χ1v) is 6.25. The Morgan fingerprint density at radius 2 is 2.18 bits per heavy atom. The van der Waals surface area contributed by atoms with E-state index in [0.717, 1.165) is 24.1 Å². The van der Waals surface area contributed by atoms with Crippen LogP contribution >= 0.6 is 0 Å². The van der Waals surface area contributed by atoms with Crippen LogP contribution in [0.5, 0.6) is 0 Å². The number of likely N-dealkylation sites (N-methyl/N-ethyl adjacent to an activating group) is 1. The molecular formula is C14H18N2O. The molecule has 90 valence electrons. The summed E-state index contributed by atoms with van der Waals surface area (Å²) in [6, 6.07) is 4.90. The Balaban J connectivity index is 1.99. The maximum absolute atomic E-state index is 12.1. The number of nitrogens with zero attached hydrogens (tertiary/aromatic N) is 2. The lowest BCUT2D eigenvalue weighted by molar-refractivity contribution is -0.118. The third kappa shape index (κ3) is 1.65. The minimum atomic E-state index is 0.344. The lowest BCUT2D eigenvalue weighted by atomic mass is 9.95. The van der Waals surface area contributed by atoms with Crippen molar-refractivity contribution >= 4 is 11.9 Å². The zero-order chi connectivity index (χ0) is 12.0. The summed E-state index contributed by atoms with van der Waals surface area (Å²) in [5.74, 6) is 0.344. The van der Waals surface area contributed by atoms with Gasteiger partial charge in [0.15, 0.2) is 5.78 Å². The molecule has 17 heavy (non-hydrogen) atoms. The highest BCUT2D eigenvalue weighted by Crippen LogP contribution is 2.36. The van der Waals surface area contributed by atoms with Gasteiger partial charge < -0.3 is 4.57 Å². The number of fused-ring (bicyclic) bond motifs is 2. The highest BCUT2D eigenvalue weighted by atomic mass is 16.1. The lowest BCUT2D eigenvalue weighted by Crippen LogP contribution is -2.42. The first-order chi connectivity index (χ1) is 8.16. The van der Waals surface area contributed by atoms with Gasteiger partial charge in [-0.15, -0.1) is 0 Å². The van der Waals surface area contributed by atoms with Crippen molar-refractivity contribution in [3.8, 4) is 0 Å². The summed E-state index contributed by atoms with van der Waals surface area (Å²) in [6.07, 6.45) is 7.08. The molecule has 0 saturated carbocycles. The normalized spacial score (nSPS) is 31.4. The second kappa shape index (κ2) is 3.84. The van der Waals surface area contributed by atoms with Crippen molar-refractivity contribution in [2.75, 3.05) is 7.05 Å².